The van der Waals surface area contributed by atoms with Gasteiger partial charge in [0.15, 0.2) is 0 Å². The maximum atomic E-state index is 13.0. The van der Waals surface area contributed by atoms with Gasteiger partial charge in [0.1, 0.15) is 5.82 Å². The second kappa shape index (κ2) is 3.48. The van der Waals surface area contributed by atoms with Gasteiger partial charge in [-0.05, 0) is 29.9 Å². The van der Waals surface area contributed by atoms with E-state index in [1.54, 1.807) is 11.8 Å². The Morgan fingerprint density at radius 2 is 2.31 bits per heavy atom. The first kappa shape index (κ1) is 9.31. The Morgan fingerprint density at radius 3 is 3.08 bits per heavy atom. The molecule has 0 aromatic heterocycles. The van der Waals surface area contributed by atoms with Crippen LogP contribution in [0, 0.1) is 5.82 Å². The molecule has 13 heavy (non-hydrogen) atoms. The lowest BCUT2D eigenvalue weighted by Crippen LogP contribution is -2.16. The summed E-state index contributed by atoms with van der Waals surface area (Å²) in [7, 11) is 0. The van der Waals surface area contributed by atoms with Crippen LogP contribution in [0.2, 0.25) is 5.02 Å². The summed E-state index contributed by atoms with van der Waals surface area (Å²) in [5, 5.41) is 0.482. The van der Waals surface area contributed by atoms with E-state index in [1.165, 1.54) is 12.1 Å². The molecule has 0 radical (unpaired) electrons. The summed E-state index contributed by atoms with van der Waals surface area (Å²) in [6.07, 6.45) is 0.886. The minimum atomic E-state index is -0.304. The maximum absolute atomic E-state index is 13.0. The highest BCUT2D eigenvalue weighted by atomic mass is 35.5. The third-order valence-electron chi connectivity index (χ3n) is 2.11. The molecule has 4 heteroatoms. The molecule has 0 saturated heterocycles. The van der Waals surface area contributed by atoms with Crippen LogP contribution in [0.5, 0.6) is 0 Å². The lowest BCUT2D eigenvalue weighted by atomic mass is 10.0. The van der Waals surface area contributed by atoms with Crippen LogP contribution in [0.25, 0.3) is 0 Å². The van der Waals surface area contributed by atoms with Crippen LogP contribution >= 0.6 is 23.4 Å². The van der Waals surface area contributed by atoms with Crippen LogP contribution in [0.15, 0.2) is 17.0 Å². The molecule has 2 rings (SSSR count). The van der Waals surface area contributed by atoms with E-state index in [1.807, 2.05) is 0 Å². The summed E-state index contributed by atoms with van der Waals surface area (Å²) in [4.78, 5) is 0.946. The molecule has 1 aliphatic rings. The van der Waals surface area contributed by atoms with Gasteiger partial charge >= 0.3 is 0 Å². The Kier molecular flexibility index (Phi) is 2.49. The van der Waals surface area contributed by atoms with Crippen molar-refractivity contribution in [3.63, 3.8) is 0 Å². The van der Waals surface area contributed by atoms with Gasteiger partial charge in [-0.25, -0.2) is 4.39 Å². The summed E-state index contributed by atoms with van der Waals surface area (Å²) < 4.78 is 13.0. The largest absolute Gasteiger partial charge is 0.324 e. The Morgan fingerprint density at radius 1 is 1.54 bits per heavy atom. The molecule has 70 valence electrons. The zero-order chi connectivity index (χ0) is 9.42. The smallest absolute Gasteiger partial charge is 0.125 e. The second-order valence-corrected chi connectivity index (χ2v) is 4.56. The molecule has 0 aliphatic carbocycles. The van der Waals surface area contributed by atoms with Crippen LogP contribution in [0.1, 0.15) is 18.0 Å². The van der Waals surface area contributed by atoms with Gasteiger partial charge in [-0.2, -0.15) is 0 Å². The molecule has 1 heterocycles. The number of fused-ring (bicyclic) bond motifs is 1. The molecule has 2 N–H and O–H groups in total. The standard InChI is InChI=1S/C9H9ClFNS/c10-7-4-5(11)3-6-8(12)1-2-13-9(6)7/h3-4,8H,1-2,12H2/t8-/m1/s1. The van der Waals surface area contributed by atoms with Crippen molar-refractivity contribution >= 4 is 23.4 Å². The van der Waals surface area contributed by atoms with Gasteiger partial charge in [0.05, 0.1) is 5.02 Å². The Hall–Kier alpha value is -0.250. The number of hydrogen-bond acceptors (Lipinski definition) is 2. The number of thioether (sulfide) groups is 1. The minimum Gasteiger partial charge on any atom is -0.324 e. The molecule has 0 unspecified atom stereocenters. The zero-order valence-corrected chi connectivity index (χ0v) is 8.46. The molecular formula is C9H9ClFNS. The molecule has 0 bridgehead atoms. The predicted octanol–water partition coefficient (Wildman–Crippen LogP) is 2.97. The van der Waals surface area contributed by atoms with Gasteiger partial charge < -0.3 is 5.73 Å². The first-order chi connectivity index (χ1) is 6.18. The molecule has 0 amide bonds. The average Bonchev–Trinajstić information content (AvgIpc) is 2.07. The van der Waals surface area contributed by atoms with E-state index in [0.29, 0.717) is 5.02 Å². The monoisotopic (exact) mass is 217 g/mol. The lowest BCUT2D eigenvalue weighted by molar-refractivity contribution is 0.610. The van der Waals surface area contributed by atoms with Crippen molar-refractivity contribution in [1.82, 2.24) is 0 Å². The van der Waals surface area contributed by atoms with Crippen LogP contribution < -0.4 is 5.73 Å². The molecule has 1 aliphatic heterocycles. The van der Waals surface area contributed by atoms with Gasteiger partial charge in [-0.15, -0.1) is 11.8 Å². The number of halogens is 2. The van der Waals surface area contributed by atoms with Crippen LogP contribution in [-0.2, 0) is 0 Å². The summed E-state index contributed by atoms with van der Waals surface area (Å²) in [5.74, 6) is 0.654. The van der Waals surface area contributed by atoms with Gasteiger partial charge in [-0.1, -0.05) is 11.6 Å². The van der Waals surface area contributed by atoms with Crippen molar-refractivity contribution in [2.75, 3.05) is 5.75 Å². The van der Waals surface area contributed by atoms with E-state index in [4.69, 9.17) is 17.3 Å². The average molecular weight is 218 g/mol. The highest BCUT2D eigenvalue weighted by Crippen LogP contribution is 2.39. The van der Waals surface area contributed by atoms with Gasteiger partial charge in [0.25, 0.3) is 0 Å². The van der Waals surface area contributed by atoms with Crippen molar-refractivity contribution in [1.29, 1.82) is 0 Å². The van der Waals surface area contributed by atoms with Crippen molar-refractivity contribution in [3.05, 3.63) is 28.5 Å². The topological polar surface area (TPSA) is 26.0 Å². The highest BCUT2D eigenvalue weighted by Gasteiger charge is 2.20. The lowest BCUT2D eigenvalue weighted by Gasteiger charge is -2.22. The third-order valence-corrected chi connectivity index (χ3v) is 3.71. The quantitative estimate of drug-likeness (QED) is 0.723. The maximum Gasteiger partial charge on any atom is 0.125 e. The SMILES string of the molecule is N[C@@H]1CCSc2c(Cl)cc(F)cc21. The first-order valence-electron chi connectivity index (χ1n) is 4.06. The van der Waals surface area contributed by atoms with Crippen molar-refractivity contribution in [3.8, 4) is 0 Å². The Labute approximate surface area is 85.5 Å². The Balaban J connectivity index is 2.56. The van der Waals surface area contributed by atoms with Crippen LogP contribution in [0.4, 0.5) is 4.39 Å². The van der Waals surface area contributed by atoms with Crippen LogP contribution in [0.3, 0.4) is 0 Å². The number of benzene rings is 1. The summed E-state index contributed by atoms with van der Waals surface area (Å²) >= 11 is 7.55. The number of nitrogens with two attached hydrogens (primary N) is 1. The third kappa shape index (κ3) is 1.68. The van der Waals surface area contributed by atoms with Gasteiger partial charge in [0.2, 0.25) is 0 Å². The van der Waals surface area contributed by atoms with Crippen molar-refractivity contribution in [2.24, 2.45) is 5.73 Å². The molecule has 0 saturated carbocycles. The van der Waals surface area contributed by atoms with Gasteiger partial charge in [0, 0.05) is 10.9 Å². The normalized spacial score (nSPS) is 21.3. The Bertz CT molecular complexity index is 343. The fourth-order valence-corrected chi connectivity index (χ4v) is 2.98. The van der Waals surface area contributed by atoms with Crippen molar-refractivity contribution < 1.29 is 4.39 Å². The molecule has 0 fully saturated rings. The zero-order valence-electron chi connectivity index (χ0n) is 6.89. The molecular weight excluding hydrogens is 209 g/mol. The molecule has 0 spiro atoms. The molecule has 1 atom stereocenters. The van der Waals surface area contributed by atoms with Gasteiger partial charge in [-0.3, -0.25) is 0 Å². The van der Waals surface area contributed by atoms with E-state index in [0.717, 1.165) is 22.6 Å². The molecule has 1 aromatic rings. The number of hydrogen-bond donors (Lipinski definition) is 1. The summed E-state index contributed by atoms with van der Waals surface area (Å²) in [6, 6.07) is 2.76. The highest BCUT2D eigenvalue weighted by molar-refractivity contribution is 7.99. The first-order valence-corrected chi connectivity index (χ1v) is 5.42. The van der Waals surface area contributed by atoms with E-state index in [2.05, 4.69) is 0 Å². The molecule has 1 nitrogen and oxygen atoms in total. The van der Waals surface area contributed by atoms with E-state index >= 15 is 0 Å². The fourth-order valence-electron chi connectivity index (χ4n) is 1.45. The summed E-state index contributed by atoms with van der Waals surface area (Å²) in [5.41, 5.74) is 6.69. The minimum absolute atomic E-state index is 0.0653. The van der Waals surface area contributed by atoms with Crippen LogP contribution in [-0.4, -0.2) is 5.75 Å². The predicted molar refractivity (Wildman–Crippen MR) is 53.7 cm³/mol. The van der Waals surface area contributed by atoms with E-state index in [9.17, 15) is 4.39 Å². The fraction of sp³-hybridized carbons (Fsp3) is 0.333. The second-order valence-electron chi connectivity index (χ2n) is 3.05. The summed E-state index contributed by atoms with van der Waals surface area (Å²) in [6.45, 7) is 0. The van der Waals surface area contributed by atoms with E-state index < -0.39 is 0 Å². The van der Waals surface area contributed by atoms with E-state index in [-0.39, 0.29) is 11.9 Å². The molecule has 1 aromatic carbocycles. The number of rotatable bonds is 0. The van der Waals surface area contributed by atoms with Crippen molar-refractivity contribution in [2.45, 2.75) is 17.4 Å².